The van der Waals surface area contributed by atoms with Crippen LogP contribution in [-0.4, -0.2) is 22.8 Å². The molecule has 0 heterocycles. The molecular formula is C14H19NO4. The maximum Gasteiger partial charge on any atom is 0.408 e. The quantitative estimate of drug-likeness (QED) is 0.881. The predicted molar refractivity (Wildman–Crippen MR) is 70.9 cm³/mol. The number of aryl methyl sites for hydroxylation is 1. The number of rotatable bonds is 3. The van der Waals surface area contributed by atoms with Crippen molar-refractivity contribution in [2.45, 2.75) is 39.3 Å². The van der Waals surface area contributed by atoms with Crippen molar-refractivity contribution in [3.05, 3.63) is 35.4 Å². The molecule has 1 amide bonds. The topological polar surface area (TPSA) is 75.6 Å². The number of alkyl carbamates (subject to hydrolysis) is 1. The van der Waals surface area contributed by atoms with E-state index in [9.17, 15) is 14.7 Å². The molecule has 0 fully saturated rings. The summed E-state index contributed by atoms with van der Waals surface area (Å²) in [5.41, 5.74) is 0.856. The summed E-state index contributed by atoms with van der Waals surface area (Å²) >= 11 is 0. The van der Waals surface area contributed by atoms with Gasteiger partial charge in [-0.05, 0) is 33.3 Å². The highest BCUT2D eigenvalue weighted by Crippen LogP contribution is 2.15. The number of hydrogen-bond acceptors (Lipinski definition) is 3. The van der Waals surface area contributed by atoms with Crippen LogP contribution in [0.15, 0.2) is 24.3 Å². The first kappa shape index (κ1) is 15.0. The summed E-state index contributed by atoms with van der Waals surface area (Å²) in [6.45, 7) is 7.05. The van der Waals surface area contributed by atoms with E-state index in [-0.39, 0.29) is 0 Å². The molecule has 0 aromatic heterocycles. The van der Waals surface area contributed by atoms with Crippen molar-refractivity contribution in [2.24, 2.45) is 0 Å². The molecule has 0 radical (unpaired) electrons. The third-order valence-electron chi connectivity index (χ3n) is 2.32. The molecule has 1 aromatic carbocycles. The predicted octanol–water partition coefficient (Wildman–Crippen LogP) is 2.65. The van der Waals surface area contributed by atoms with E-state index in [0.29, 0.717) is 5.56 Å². The Morgan fingerprint density at radius 3 is 2.16 bits per heavy atom. The van der Waals surface area contributed by atoms with Crippen LogP contribution in [0.25, 0.3) is 0 Å². The number of carboxylic acids is 1. The number of carbonyl (C=O) groups is 2. The Balaban J connectivity index is 2.82. The van der Waals surface area contributed by atoms with Crippen molar-refractivity contribution in [2.75, 3.05) is 0 Å². The second-order valence-corrected chi connectivity index (χ2v) is 5.33. The number of ether oxygens (including phenoxy) is 1. The number of benzene rings is 1. The Labute approximate surface area is 112 Å². The summed E-state index contributed by atoms with van der Waals surface area (Å²) in [7, 11) is 0. The monoisotopic (exact) mass is 265 g/mol. The maximum atomic E-state index is 11.6. The van der Waals surface area contributed by atoms with Crippen LogP contribution in [-0.2, 0) is 9.53 Å². The molecule has 1 aromatic rings. The van der Waals surface area contributed by atoms with E-state index in [0.717, 1.165) is 5.56 Å². The minimum Gasteiger partial charge on any atom is -0.479 e. The fraction of sp³-hybridized carbons (Fsp3) is 0.429. The van der Waals surface area contributed by atoms with Gasteiger partial charge in [0, 0.05) is 0 Å². The van der Waals surface area contributed by atoms with Crippen LogP contribution in [0.3, 0.4) is 0 Å². The van der Waals surface area contributed by atoms with E-state index in [4.69, 9.17) is 4.74 Å². The third kappa shape index (κ3) is 4.99. The molecule has 1 atom stereocenters. The molecule has 19 heavy (non-hydrogen) atoms. The van der Waals surface area contributed by atoms with Crippen LogP contribution >= 0.6 is 0 Å². The Morgan fingerprint density at radius 1 is 1.21 bits per heavy atom. The molecule has 0 bridgehead atoms. The average Bonchev–Trinajstić information content (AvgIpc) is 2.24. The molecular weight excluding hydrogens is 246 g/mol. The Kier molecular flexibility index (Phi) is 4.53. The first-order chi connectivity index (χ1) is 8.69. The highest BCUT2D eigenvalue weighted by atomic mass is 16.6. The smallest absolute Gasteiger partial charge is 0.408 e. The zero-order chi connectivity index (χ0) is 14.6. The summed E-state index contributed by atoms with van der Waals surface area (Å²) < 4.78 is 5.05. The van der Waals surface area contributed by atoms with Crippen LogP contribution in [0.2, 0.25) is 0 Å². The van der Waals surface area contributed by atoms with Gasteiger partial charge in [-0.1, -0.05) is 29.8 Å². The Morgan fingerprint density at radius 2 is 1.74 bits per heavy atom. The Hall–Kier alpha value is -2.04. The average molecular weight is 265 g/mol. The fourth-order valence-corrected chi connectivity index (χ4v) is 1.47. The van der Waals surface area contributed by atoms with E-state index in [1.54, 1.807) is 45.0 Å². The lowest BCUT2D eigenvalue weighted by Gasteiger charge is -2.22. The molecule has 1 unspecified atom stereocenters. The van der Waals surface area contributed by atoms with Crippen molar-refractivity contribution in [3.63, 3.8) is 0 Å². The lowest BCUT2D eigenvalue weighted by molar-refractivity contribution is -0.139. The largest absolute Gasteiger partial charge is 0.479 e. The fourth-order valence-electron chi connectivity index (χ4n) is 1.47. The van der Waals surface area contributed by atoms with Gasteiger partial charge in [0.2, 0.25) is 0 Å². The lowest BCUT2D eigenvalue weighted by Crippen LogP contribution is -2.38. The number of aliphatic carboxylic acids is 1. The summed E-state index contributed by atoms with van der Waals surface area (Å²) in [6, 6.07) is 5.82. The molecule has 104 valence electrons. The van der Waals surface area contributed by atoms with E-state index < -0.39 is 23.7 Å². The summed E-state index contributed by atoms with van der Waals surface area (Å²) in [5, 5.41) is 11.5. The molecule has 2 N–H and O–H groups in total. The SMILES string of the molecule is Cc1ccc(C(NC(=O)OC(C)(C)C)C(=O)O)cc1. The zero-order valence-electron chi connectivity index (χ0n) is 11.6. The highest BCUT2D eigenvalue weighted by molar-refractivity contribution is 5.81. The van der Waals surface area contributed by atoms with Crippen molar-refractivity contribution < 1.29 is 19.4 Å². The standard InChI is InChI=1S/C14H19NO4/c1-9-5-7-10(8-6-9)11(12(16)17)15-13(18)19-14(2,3)4/h5-8,11H,1-4H3,(H,15,18)(H,16,17). The minimum absolute atomic E-state index is 0.504. The van der Waals surface area contributed by atoms with Crippen molar-refractivity contribution >= 4 is 12.1 Å². The van der Waals surface area contributed by atoms with Gasteiger partial charge in [0.25, 0.3) is 0 Å². The second-order valence-electron chi connectivity index (χ2n) is 5.33. The van der Waals surface area contributed by atoms with Crippen LogP contribution in [0.4, 0.5) is 4.79 Å². The normalized spacial score (nSPS) is 12.6. The second kappa shape index (κ2) is 5.73. The molecule has 0 saturated heterocycles. The van der Waals surface area contributed by atoms with Crippen LogP contribution in [0.5, 0.6) is 0 Å². The molecule has 0 saturated carbocycles. The number of amides is 1. The van der Waals surface area contributed by atoms with Gasteiger partial charge in [-0.2, -0.15) is 0 Å². The van der Waals surface area contributed by atoms with Gasteiger partial charge >= 0.3 is 12.1 Å². The third-order valence-corrected chi connectivity index (χ3v) is 2.32. The molecule has 0 spiro atoms. The molecule has 1 rings (SSSR count). The summed E-state index contributed by atoms with van der Waals surface area (Å²) in [4.78, 5) is 22.8. The number of nitrogens with one attached hydrogen (secondary N) is 1. The van der Waals surface area contributed by atoms with Crippen molar-refractivity contribution in [3.8, 4) is 0 Å². The van der Waals surface area contributed by atoms with E-state index in [2.05, 4.69) is 5.32 Å². The molecule has 5 nitrogen and oxygen atoms in total. The maximum absolute atomic E-state index is 11.6. The van der Waals surface area contributed by atoms with Gasteiger partial charge in [0.05, 0.1) is 0 Å². The summed E-state index contributed by atoms with van der Waals surface area (Å²) in [6.07, 6.45) is -0.750. The van der Waals surface area contributed by atoms with Gasteiger partial charge in [0.1, 0.15) is 5.60 Å². The van der Waals surface area contributed by atoms with Crippen LogP contribution in [0, 0.1) is 6.92 Å². The zero-order valence-corrected chi connectivity index (χ0v) is 11.6. The minimum atomic E-state index is -1.13. The van der Waals surface area contributed by atoms with Gasteiger partial charge in [-0.25, -0.2) is 9.59 Å². The van der Waals surface area contributed by atoms with Crippen LogP contribution < -0.4 is 5.32 Å². The number of carbonyl (C=O) groups excluding carboxylic acids is 1. The van der Waals surface area contributed by atoms with E-state index in [1.165, 1.54) is 0 Å². The van der Waals surface area contributed by atoms with Crippen molar-refractivity contribution in [1.29, 1.82) is 0 Å². The molecule has 0 aliphatic carbocycles. The van der Waals surface area contributed by atoms with E-state index >= 15 is 0 Å². The first-order valence-corrected chi connectivity index (χ1v) is 5.98. The molecule has 0 aliphatic heterocycles. The van der Waals surface area contributed by atoms with Crippen LogP contribution in [0.1, 0.15) is 37.9 Å². The van der Waals surface area contributed by atoms with Gasteiger partial charge in [0.15, 0.2) is 6.04 Å². The number of hydrogen-bond donors (Lipinski definition) is 2. The first-order valence-electron chi connectivity index (χ1n) is 5.98. The van der Waals surface area contributed by atoms with E-state index in [1.807, 2.05) is 6.92 Å². The summed E-state index contributed by atoms with van der Waals surface area (Å²) in [5.74, 6) is -1.13. The highest BCUT2D eigenvalue weighted by Gasteiger charge is 2.25. The molecule has 5 heteroatoms. The van der Waals surface area contributed by atoms with Crippen molar-refractivity contribution in [1.82, 2.24) is 5.32 Å². The van der Waals surface area contributed by atoms with Gasteiger partial charge in [-0.15, -0.1) is 0 Å². The van der Waals surface area contributed by atoms with Gasteiger partial charge in [-0.3, -0.25) is 0 Å². The number of carboxylic acid groups (broad SMARTS) is 1. The molecule has 0 aliphatic rings. The van der Waals surface area contributed by atoms with Gasteiger partial charge < -0.3 is 15.2 Å². The Bertz CT molecular complexity index is 459. The lowest BCUT2D eigenvalue weighted by atomic mass is 10.1.